The summed E-state index contributed by atoms with van der Waals surface area (Å²) in [6, 6.07) is 4.78. The van der Waals surface area contributed by atoms with Crippen molar-refractivity contribution in [1.82, 2.24) is 20.9 Å². The zero-order valence-corrected chi connectivity index (χ0v) is 19.3. The highest BCUT2D eigenvalue weighted by Gasteiger charge is 2.38. The Hall–Kier alpha value is -3.43. The second-order valence-corrected chi connectivity index (χ2v) is 8.55. The summed E-state index contributed by atoms with van der Waals surface area (Å²) in [6.07, 6.45) is 1.000. The first-order valence-corrected chi connectivity index (χ1v) is 11.0. The average molecular weight is 461 g/mol. The summed E-state index contributed by atoms with van der Waals surface area (Å²) in [4.78, 5) is 63.1. The van der Waals surface area contributed by atoms with Crippen molar-refractivity contribution in [1.29, 1.82) is 0 Å². The first-order valence-electron chi connectivity index (χ1n) is 11.0. The van der Waals surface area contributed by atoms with Gasteiger partial charge in [0, 0.05) is 12.1 Å². The second-order valence-electron chi connectivity index (χ2n) is 8.55. The number of amides is 4. The van der Waals surface area contributed by atoms with Gasteiger partial charge in [-0.15, -0.1) is 0 Å². The Labute approximate surface area is 193 Å². The van der Waals surface area contributed by atoms with Gasteiger partial charge >= 0.3 is 5.97 Å². The standard InChI is InChI=1S/C23H32N4O6/c1-13(2)18(23(32)33)26-21(30)17-11-8-12-27(17)22(31)15(4)25-19(28)14(3)24-20(29)16-9-6-5-7-10-16/h5-7,9-10,13-15,17-18H,8,11-12H2,1-4H3,(H,24,29)(H,25,28)(H,26,30)(H,32,33)/t14-,15-,17+,18-/m0/s1. The van der Waals surface area contributed by atoms with Crippen LogP contribution in [0.15, 0.2) is 30.3 Å². The van der Waals surface area contributed by atoms with E-state index in [2.05, 4.69) is 16.0 Å². The molecule has 2 rings (SSSR count). The van der Waals surface area contributed by atoms with Crippen molar-refractivity contribution in [2.75, 3.05) is 6.54 Å². The van der Waals surface area contributed by atoms with Gasteiger partial charge in [-0.05, 0) is 44.7 Å². The number of carboxylic acid groups (broad SMARTS) is 1. The molecular formula is C23H32N4O6. The number of hydrogen-bond donors (Lipinski definition) is 4. The summed E-state index contributed by atoms with van der Waals surface area (Å²) in [7, 11) is 0. The minimum Gasteiger partial charge on any atom is -0.480 e. The van der Waals surface area contributed by atoms with E-state index in [1.807, 2.05) is 0 Å². The van der Waals surface area contributed by atoms with E-state index >= 15 is 0 Å². The highest BCUT2D eigenvalue weighted by molar-refractivity contribution is 5.98. The minimum absolute atomic E-state index is 0.317. The minimum atomic E-state index is -1.14. The number of carboxylic acids is 1. The van der Waals surface area contributed by atoms with Gasteiger partial charge in [0.2, 0.25) is 17.7 Å². The molecule has 0 aliphatic carbocycles. The highest BCUT2D eigenvalue weighted by Crippen LogP contribution is 2.19. The lowest BCUT2D eigenvalue weighted by Gasteiger charge is -2.29. The summed E-state index contributed by atoms with van der Waals surface area (Å²) >= 11 is 0. The van der Waals surface area contributed by atoms with E-state index in [9.17, 15) is 29.1 Å². The highest BCUT2D eigenvalue weighted by atomic mass is 16.4. The van der Waals surface area contributed by atoms with Crippen LogP contribution in [0.3, 0.4) is 0 Å². The summed E-state index contributed by atoms with van der Waals surface area (Å²) in [5.41, 5.74) is 0.410. The molecule has 10 heteroatoms. The summed E-state index contributed by atoms with van der Waals surface area (Å²) in [6.45, 7) is 6.72. The molecular weight excluding hydrogens is 428 g/mol. The monoisotopic (exact) mass is 460 g/mol. The van der Waals surface area contributed by atoms with Crippen molar-refractivity contribution in [2.24, 2.45) is 5.92 Å². The molecule has 0 saturated carbocycles. The number of carbonyl (C=O) groups excluding carboxylic acids is 4. The second kappa shape index (κ2) is 11.4. The Balaban J connectivity index is 1.95. The number of likely N-dealkylation sites (tertiary alicyclic amines) is 1. The molecule has 1 aliphatic heterocycles. The smallest absolute Gasteiger partial charge is 0.326 e. The van der Waals surface area contributed by atoms with Crippen LogP contribution in [0.5, 0.6) is 0 Å². The van der Waals surface area contributed by atoms with Gasteiger partial charge in [0.25, 0.3) is 5.91 Å². The van der Waals surface area contributed by atoms with E-state index in [1.165, 1.54) is 18.7 Å². The first kappa shape index (κ1) is 25.8. The molecule has 1 fully saturated rings. The molecule has 0 radical (unpaired) electrons. The molecule has 1 aromatic rings. The molecule has 33 heavy (non-hydrogen) atoms. The van der Waals surface area contributed by atoms with Crippen LogP contribution in [0.2, 0.25) is 0 Å². The molecule has 1 heterocycles. The molecule has 4 amide bonds. The molecule has 0 aromatic heterocycles. The Kier molecular flexibility index (Phi) is 8.95. The van der Waals surface area contributed by atoms with Gasteiger partial charge < -0.3 is 26.0 Å². The molecule has 4 atom stereocenters. The Bertz CT molecular complexity index is 888. The normalized spacial score (nSPS) is 18.2. The Morgan fingerprint density at radius 3 is 2.15 bits per heavy atom. The number of rotatable bonds is 9. The van der Waals surface area contributed by atoms with Crippen molar-refractivity contribution >= 4 is 29.6 Å². The van der Waals surface area contributed by atoms with Crippen molar-refractivity contribution in [3.05, 3.63) is 35.9 Å². The topological polar surface area (TPSA) is 145 Å². The summed E-state index contributed by atoms with van der Waals surface area (Å²) in [5.74, 6) is -3.37. The number of benzene rings is 1. The maximum atomic E-state index is 12.9. The third-order valence-corrected chi connectivity index (χ3v) is 5.58. The summed E-state index contributed by atoms with van der Waals surface area (Å²) < 4.78 is 0. The predicted molar refractivity (Wildman–Crippen MR) is 120 cm³/mol. The van der Waals surface area contributed by atoms with Crippen LogP contribution in [0.1, 0.15) is 50.9 Å². The van der Waals surface area contributed by atoms with E-state index in [4.69, 9.17) is 0 Å². The van der Waals surface area contributed by atoms with E-state index in [0.717, 1.165) is 0 Å². The van der Waals surface area contributed by atoms with Crippen LogP contribution in [0.25, 0.3) is 0 Å². The van der Waals surface area contributed by atoms with Crippen molar-refractivity contribution in [3.8, 4) is 0 Å². The van der Waals surface area contributed by atoms with Gasteiger partial charge in [-0.1, -0.05) is 32.0 Å². The van der Waals surface area contributed by atoms with E-state index in [0.29, 0.717) is 24.9 Å². The van der Waals surface area contributed by atoms with Crippen LogP contribution in [-0.2, 0) is 19.2 Å². The Morgan fingerprint density at radius 2 is 1.58 bits per heavy atom. The van der Waals surface area contributed by atoms with Crippen LogP contribution >= 0.6 is 0 Å². The summed E-state index contributed by atoms with van der Waals surface area (Å²) in [5, 5.41) is 17.0. The molecule has 0 bridgehead atoms. The van der Waals surface area contributed by atoms with Crippen molar-refractivity contribution < 1.29 is 29.1 Å². The molecule has 180 valence electrons. The van der Waals surface area contributed by atoms with E-state index < -0.39 is 53.8 Å². The number of aliphatic carboxylic acids is 1. The molecule has 10 nitrogen and oxygen atoms in total. The van der Waals surface area contributed by atoms with Gasteiger partial charge in [0.15, 0.2) is 0 Å². The van der Waals surface area contributed by atoms with Gasteiger partial charge in [-0.25, -0.2) is 4.79 Å². The molecule has 1 saturated heterocycles. The average Bonchev–Trinajstić information content (AvgIpc) is 3.26. The SMILES string of the molecule is CC(C)[C@H](NC(=O)[C@H]1CCCN1C(=O)[C@H](C)NC(=O)[C@H](C)NC(=O)c1ccccc1)C(=O)O. The lowest BCUT2D eigenvalue weighted by molar-refractivity contribution is -0.145. The molecule has 1 aromatic carbocycles. The van der Waals surface area contributed by atoms with Gasteiger partial charge in [0.1, 0.15) is 24.2 Å². The Morgan fingerprint density at radius 1 is 0.939 bits per heavy atom. The fraction of sp³-hybridized carbons (Fsp3) is 0.522. The molecule has 0 unspecified atom stereocenters. The van der Waals surface area contributed by atoms with Gasteiger partial charge in [-0.3, -0.25) is 19.2 Å². The third-order valence-electron chi connectivity index (χ3n) is 5.58. The zero-order valence-electron chi connectivity index (χ0n) is 19.3. The number of carbonyl (C=O) groups is 5. The number of nitrogens with zero attached hydrogens (tertiary/aromatic N) is 1. The lowest BCUT2D eigenvalue weighted by atomic mass is 10.0. The fourth-order valence-corrected chi connectivity index (χ4v) is 3.65. The number of nitrogens with one attached hydrogen (secondary N) is 3. The van der Waals surface area contributed by atoms with E-state index in [1.54, 1.807) is 44.2 Å². The fourth-order valence-electron chi connectivity index (χ4n) is 3.65. The first-order chi connectivity index (χ1) is 15.5. The quantitative estimate of drug-likeness (QED) is 0.423. The lowest BCUT2D eigenvalue weighted by Crippen LogP contribution is -2.56. The van der Waals surface area contributed by atoms with Crippen molar-refractivity contribution in [2.45, 2.75) is 64.7 Å². The van der Waals surface area contributed by atoms with Crippen LogP contribution < -0.4 is 16.0 Å². The third kappa shape index (κ3) is 6.77. The van der Waals surface area contributed by atoms with E-state index in [-0.39, 0.29) is 5.92 Å². The van der Waals surface area contributed by atoms with Crippen molar-refractivity contribution in [3.63, 3.8) is 0 Å². The zero-order chi connectivity index (χ0) is 24.7. The largest absolute Gasteiger partial charge is 0.480 e. The maximum absolute atomic E-state index is 12.9. The maximum Gasteiger partial charge on any atom is 0.326 e. The van der Waals surface area contributed by atoms with Gasteiger partial charge in [0.05, 0.1) is 0 Å². The molecule has 1 aliphatic rings. The van der Waals surface area contributed by atoms with Crippen LogP contribution in [0, 0.1) is 5.92 Å². The predicted octanol–water partition coefficient (Wildman–Crippen LogP) is 0.526. The number of hydrogen-bond acceptors (Lipinski definition) is 5. The van der Waals surface area contributed by atoms with Gasteiger partial charge in [-0.2, -0.15) is 0 Å². The molecule has 4 N–H and O–H groups in total. The molecule has 0 spiro atoms. The van der Waals surface area contributed by atoms with Crippen LogP contribution in [0.4, 0.5) is 0 Å². The van der Waals surface area contributed by atoms with Crippen LogP contribution in [-0.4, -0.2) is 70.3 Å².